The number of benzene rings is 1. The van der Waals surface area contributed by atoms with Crippen molar-refractivity contribution in [2.45, 2.75) is 45.3 Å². The van der Waals surface area contributed by atoms with Gasteiger partial charge in [0, 0.05) is 38.8 Å². The average Bonchev–Trinajstić information content (AvgIpc) is 2.82. The summed E-state index contributed by atoms with van der Waals surface area (Å²) in [5, 5.41) is 9.32. The summed E-state index contributed by atoms with van der Waals surface area (Å²) in [4.78, 5) is 25.7. The molecule has 3 heterocycles. The fourth-order valence-electron chi connectivity index (χ4n) is 4.49. The highest BCUT2D eigenvalue weighted by Gasteiger charge is 2.33. The summed E-state index contributed by atoms with van der Waals surface area (Å²) in [6, 6.07) is 11.3. The second-order valence-corrected chi connectivity index (χ2v) is 8.64. The molecular formula is C24H25F3N6O2. The molecule has 1 aliphatic rings. The van der Waals surface area contributed by atoms with E-state index in [1.165, 1.54) is 16.7 Å². The summed E-state index contributed by atoms with van der Waals surface area (Å²) in [5.41, 5.74) is 1.82. The van der Waals surface area contributed by atoms with Crippen LogP contribution in [0.1, 0.15) is 31.5 Å². The Bertz CT molecular complexity index is 1320. The van der Waals surface area contributed by atoms with E-state index < -0.39 is 12.1 Å². The van der Waals surface area contributed by atoms with Crippen LogP contribution in [-0.2, 0) is 13.6 Å². The Morgan fingerprint density at radius 1 is 1.14 bits per heavy atom. The van der Waals surface area contributed by atoms with Gasteiger partial charge in [-0.2, -0.15) is 10.2 Å². The molecular weight excluding hydrogens is 461 g/mol. The SMILES string of the molecule is CC[C@@H]1CN(c2nc(=O)n(C)c3ccc(C#N)nc23)[C@@H](C)CN1Cc1ccc(OC(F)(F)F)cc1. The van der Waals surface area contributed by atoms with Crippen LogP contribution >= 0.6 is 0 Å². The van der Waals surface area contributed by atoms with E-state index in [1.54, 1.807) is 31.3 Å². The zero-order chi connectivity index (χ0) is 25.3. The fourth-order valence-corrected chi connectivity index (χ4v) is 4.49. The summed E-state index contributed by atoms with van der Waals surface area (Å²) in [5.74, 6) is 0.207. The molecule has 1 aliphatic heterocycles. The van der Waals surface area contributed by atoms with E-state index in [1.807, 2.05) is 13.0 Å². The van der Waals surface area contributed by atoms with Crippen molar-refractivity contribution >= 4 is 16.9 Å². The van der Waals surface area contributed by atoms with Gasteiger partial charge >= 0.3 is 12.1 Å². The van der Waals surface area contributed by atoms with Gasteiger partial charge in [-0.3, -0.25) is 9.47 Å². The molecule has 1 fully saturated rings. The molecule has 0 spiro atoms. The van der Waals surface area contributed by atoms with Crippen molar-refractivity contribution in [3.8, 4) is 11.8 Å². The molecule has 1 aromatic carbocycles. The minimum absolute atomic E-state index is 0.0269. The van der Waals surface area contributed by atoms with E-state index in [0.717, 1.165) is 12.0 Å². The lowest BCUT2D eigenvalue weighted by Gasteiger charge is -2.46. The number of aryl methyl sites for hydroxylation is 1. The zero-order valence-electron chi connectivity index (χ0n) is 19.6. The van der Waals surface area contributed by atoms with Crippen LogP contribution in [0.4, 0.5) is 19.0 Å². The number of hydrogen-bond acceptors (Lipinski definition) is 7. The van der Waals surface area contributed by atoms with Gasteiger partial charge in [0.05, 0.1) is 5.52 Å². The van der Waals surface area contributed by atoms with E-state index in [-0.39, 0.29) is 23.5 Å². The first-order valence-corrected chi connectivity index (χ1v) is 11.2. The predicted octanol–water partition coefficient (Wildman–Crippen LogP) is 3.59. The maximum atomic E-state index is 12.6. The van der Waals surface area contributed by atoms with Gasteiger partial charge in [0.2, 0.25) is 0 Å². The molecule has 8 nitrogen and oxygen atoms in total. The van der Waals surface area contributed by atoms with Crippen molar-refractivity contribution in [3.05, 3.63) is 58.1 Å². The highest BCUT2D eigenvalue weighted by molar-refractivity contribution is 5.86. The third-order valence-electron chi connectivity index (χ3n) is 6.29. The second-order valence-electron chi connectivity index (χ2n) is 8.64. The minimum Gasteiger partial charge on any atom is -0.406 e. The van der Waals surface area contributed by atoms with Crippen LogP contribution in [-0.4, -0.2) is 51.0 Å². The van der Waals surface area contributed by atoms with Gasteiger partial charge in [-0.15, -0.1) is 13.2 Å². The topological polar surface area (TPSA) is 87.3 Å². The lowest BCUT2D eigenvalue weighted by Crippen LogP contribution is -2.57. The Kier molecular flexibility index (Phi) is 6.67. The molecule has 11 heteroatoms. The first-order valence-electron chi connectivity index (χ1n) is 11.2. The average molecular weight is 486 g/mol. The van der Waals surface area contributed by atoms with E-state index in [0.29, 0.717) is 36.5 Å². The van der Waals surface area contributed by atoms with E-state index in [4.69, 9.17) is 0 Å². The van der Waals surface area contributed by atoms with Crippen LogP contribution in [0.2, 0.25) is 0 Å². The normalized spacial score (nSPS) is 19.1. The van der Waals surface area contributed by atoms with Crippen molar-refractivity contribution in [2.75, 3.05) is 18.0 Å². The highest BCUT2D eigenvalue weighted by atomic mass is 19.4. The van der Waals surface area contributed by atoms with E-state index in [9.17, 15) is 23.2 Å². The van der Waals surface area contributed by atoms with Gasteiger partial charge < -0.3 is 9.64 Å². The molecule has 1 saturated heterocycles. The van der Waals surface area contributed by atoms with Crippen molar-refractivity contribution in [1.82, 2.24) is 19.4 Å². The summed E-state index contributed by atoms with van der Waals surface area (Å²) < 4.78 is 42.7. The Morgan fingerprint density at radius 2 is 1.86 bits per heavy atom. The molecule has 4 rings (SSSR count). The van der Waals surface area contributed by atoms with Gasteiger partial charge in [-0.05, 0) is 43.2 Å². The molecule has 2 aromatic heterocycles. The third kappa shape index (κ3) is 5.22. The van der Waals surface area contributed by atoms with Crippen molar-refractivity contribution in [3.63, 3.8) is 0 Å². The first-order chi connectivity index (χ1) is 16.6. The molecule has 0 amide bonds. The smallest absolute Gasteiger partial charge is 0.406 e. The summed E-state index contributed by atoms with van der Waals surface area (Å²) in [6.07, 6.45) is -3.90. The maximum absolute atomic E-state index is 12.6. The quantitative estimate of drug-likeness (QED) is 0.545. The second kappa shape index (κ2) is 9.54. The van der Waals surface area contributed by atoms with Crippen LogP contribution in [0.5, 0.6) is 5.75 Å². The monoisotopic (exact) mass is 486 g/mol. The molecule has 0 aliphatic carbocycles. The number of nitrogens with zero attached hydrogens (tertiary/aromatic N) is 6. The van der Waals surface area contributed by atoms with Crippen LogP contribution in [0, 0.1) is 11.3 Å². The number of ether oxygens (including phenoxy) is 1. The Balaban J connectivity index is 1.59. The molecule has 0 unspecified atom stereocenters. The van der Waals surface area contributed by atoms with Crippen LogP contribution < -0.4 is 15.3 Å². The number of halogens is 3. The molecule has 184 valence electrons. The van der Waals surface area contributed by atoms with Gasteiger partial charge in [0.1, 0.15) is 23.0 Å². The van der Waals surface area contributed by atoms with E-state index in [2.05, 4.69) is 31.4 Å². The highest BCUT2D eigenvalue weighted by Crippen LogP contribution is 2.29. The summed E-state index contributed by atoms with van der Waals surface area (Å²) >= 11 is 0. The lowest BCUT2D eigenvalue weighted by molar-refractivity contribution is -0.274. The Morgan fingerprint density at radius 3 is 2.49 bits per heavy atom. The van der Waals surface area contributed by atoms with Gasteiger partial charge in [-0.1, -0.05) is 19.1 Å². The summed E-state index contributed by atoms with van der Waals surface area (Å²) in [6.45, 7) is 5.88. The number of piperazine rings is 1. The number of alkyl halides is 3. The number of pyridine rings is 1. The number of rotatable bonds is 5. The third-order valence-corrected chi connectivity index (χ3v) is 6.29. The Labute approximate surface area is 200 Å². The Hall–Kier alpha value is -3.65. The number of anilines is 1. The number of fused-ring (bicyclic) bond motifs is 1. The van der Waals surface area contributed by atoms with Crippen LogP contribution in [0.25, 0.3) is 11.0 Å². The predicted molar refractivity (Wildman–Crippen MR) is 124 cm³/mol. The van der Waals surface area contributed by atoms with Crippen molar-refractivity contribution in [1.29, 1.82) is 5.26 Å². The van der Waals surface area contributed by atoms with Gasteiger partial charge in [0.15, 0.2) is 5.82 Å². The van der Waals surface area contributed by atoms with Gasteiger partial charge in [0.25, 0.3) is 0 Å². The number of nitriles is 1. The molecule has 0 radical (unpaired) electrons. The first kappa shape index (κ1) is 24.5. The lowest BCUT2D eigenvalue weighted by atomic mass is 10.0. The summed E-state index contributed by atoms with van der Waals surface area (Å²) in [7, 11) is 1.62. The molecule has 0 N–H and O–H groups in total. The molecule has 0 bridgehead atoms. The van der Waals surface area contributed by atoms with Crippen molar-refractivity contribution < 1.29 is 17.9 Å². The van der Waals surface area contributed by atoms with Crippen LogP contribution in [0.3, 0.4) is 0 Å². The number of hydrogen-bond donors (Lipinski definition) is 0. The minimum atomic E-state index is -4.72. The molecule has 0 saturated carbocycles. The maximum Gasteiger partial charge on any atom is 0.573 e. The van der Waals surface area contributed by atoms with Crippen molar-refractivity contribution in [2.24, 2.45) is 7.05 Å². The standard InChI is InChI=1S/C24H25F3N6O2/c1-4-18-14-33(22-21-20(31(3)23(34)30-22)10-7-17(11-28)29-21)15(2)12-32(18)13-16-5-8-19(9-6-16)35-24(25,26)27/h5-10,15,18H,4,12-14H2,1-3H3/t15-,18+/m0/s1. The van der Waals surface area contributed by atoms with E-state index >= 15 is 0 Å². The van der Waals surface area contributed by atoms with Gasteiger partial charge in [-0.25, -0.2) is 9.78 Å². The zero-order valence-corrected chi connectivity index (χ0v) is 19.6. The fraction of sp³-hybridized carbons (Fsp3) is 0.417. The number of aromatic nitrogens is 3. The molecule has 35 heavy (non-hydrogen) atoms. The molecule has 3 aromatic rings. The molecule has 2 atom stereocenters. The largest absolute Gasteiger partial charge is 0.573 e. The van der Waals surface area contributed by atoms with Crippen LogP contribution in [0.15, 0.2) is 41.2 Å².